The largest absolute Gasteiger partial charge is 0.465 e. The predicted octanol–water partition coefficient (Wildman–Crippen LogP) is 6.57. The molecule has 0 radical (unpaired) electrons. The summed E-state index contributed by atoms with van der Waals surface area (Å²) in [5, 5.41) is 10.7. The second-order valence-corrected chi connectivity index (χ2v) is 10.1. The number of rotatable bonds is 11. The number of hydrogen-bond acceptors (Lipinski definition) is 3. The zero-order chi connectivity index (χ0) is 21.6. The van der Waals surface area contributed by atoms with Crippen LogP contribution in [0.25, 0.3) is 0 Å². The number of carbonyl (C=O) groups is 1. The molecular weight excluding hydrogens is 372 g/mol. The first kappa shape index (κ1) is 23.3. The summed E-state index contributed by atoms with van der Waals surface area (Å²) in [6.07, 6.45) is 14.4. The Bertz CT molecular complexity index is 673. The first-order valence-corrected chi connectivity index (χ1v) is 12.3. The minimum absolute atomic E-state index is 0.0894. The number of benzene rings is 1. The summed E-state index contributed by atoms with van der Waals surface area (Å²) in [5.74, 6) is 2.21. The maximum atomic E-state index is 11.7. The van der Waals surface area contributed by atoms with Crippen molar-refractivity contribution in [1.82, 2.24) is 0 Å². The summed E-state index contributed by atoms with van der Waals surface area (Å²) < 4.78 is 4.84. The van der Waals surface area contributed by atoms with Gasteiger partial charge in [0.25, 0.3) is 0 Å². The fourth-order valence-corrected chi connectivity index (χ4v) is 6.19. The van der Waals surface area contributed by atoms with E-state index in [0.717, 1.165) is 37.0 Å². The maximum absolute atomic E-state index is 11.7. The lowest BCUT2D eigenvalue weighted by molar-refractivity contribution is -0.0439. The first-order chi connectivity index (χ1) is 14.5. The molecule has 2 aliphatic rings. The number of carbonyl (C=O) groups excluding carboxylic acids is 1. The van der Waals surface area contributed by atoms with Crippen LogP contribution >= 0.6 is 0 Å². The van der Waals surface area contributed by atoms with Crippen molar-refractivity contribution in [3.05, 3.63) is 35.4 Å². The summed E-state index contributed by atoms with van der Waals surface area (Å²) in [7, 11) is 1.43. The Kier molecular flexibility index (Phi) is 8.39. The minimum Gasteiger partial charge on any atom is -0.465 e. The molecule has 3 nitrogen and oxygen atoms in total. The predicted molar refractivity (Wildman–Crippen MR) is 123 cm³/mol. The normalized spacial score (nSPS) is 26.2. The molecule has 30 heavy (non-hydrogen) atoms. The molecule has 2 unspecified atom stereocenters. The third-order valence-electron chi connectivity index (χ3n) is 8.49. The van der Waals surface area contributed by atoms with Crippen molar-refractivity contribution in [2.45, 2.75) is 97.0 Å². The Hall–Kier alpha value is -1.35. The molecule has 2 aliphatic carbocycles. The van der Waals surface area contributed by atoms with Crippen molar-refractivity contribution in [2.75, 3.05) is 7.11 Å². The molecule has 1 N–H and O–H groups in total. The van der Waals surface area contributed by atoms with Crippen LogP contribution in [0.1, 0.15) is 100 Å². The first-order valence-electron chi connectivity index (χ1n) is 12.3. The standard InChI is InChI=1S/C27H42O3/c1-4-27(17-8-18-27)25(28)14-7-13-24-20(2)15-16-22(24)11-5-9-21-10-6-12-23(19-21)26(29)30-3/h6,10,12,19-20,22,24-25,28H,4-5,7-9,11,13-18H2,1-3H3/t20-,22+,24?,25?/m1/s1. The Morgan fingerprint density at radius 3 is 2.70 bits per heavy atom. The zero-order valence-corrected chi connectivity index (χ0v) is 19.4. The molecule has 1 aromatic carbocycles. The summed E-state index contributed by atoms with van der Waals surface area (Å²) in [4.78, 5) is 11.7. The van der Waals surface area contributed by atoms with Crippen LogP contribution in [0.4, 0.5) is 0 Å². The van der Waals surface area contributed by atoms with Gasteiger partial charge in [-0.25, -0.2) is 4.79 Å². The molecule has 1 aromatic rings. The van der Waals surface area contributed by atoms with E-state index in [0.29, 0.717) is 5.56 Å². The van der Waals surface area contributed by atoms with Gasteiger partial charge in [-0.05, 0) is 98.7 Å². The Balaban J connectivity index is 1.43. The smallest absolute Gasteiger partial charge is 0.337 e. The van der Waals surface area contributed by atoms with E-state index in [9.17, 15) is 9.90 Å². The van der Waals surface area contributed by atoms with Gasteiger partial charge in [0.2, 0.25) is 0 Å². The molecule has 0 heterocycles. The number of ether oxygens (including phenoxy) is 1. The van der Waals surface area contributed by atoms with Crippen molar-refractivity contribution in [2.24, 2.45) is 23.2 Å². The van der Waals surface area contributed by atoms with E-state index in [2.05, 4.69) is 19.9 Å². The van der Waals surface area contributed by atoms with Crippen molar-refractivity contribution >= 4 is 5.97 Å². The van der Waals surface area contributed by atoms with Gasteiger partial charge in [0, 0.05) is 0 Å². The van der Waals surface area contributed by atoms with Crippen LogP contribution in [0.15, 0.2) is 24.3 Å². The lowest BCUT2D eigenvalue weighted by Crippen LogP contribution is -2.40. The van der Waals surface area contributed by atoms with E-state index in [-0.39, 0.29) is 17.5 Å². The SMILES string of the molecule is CCC1(C(O)CCCC2[C@@H](CCCc3cccc(C(=O)OC)c3)CC[C@H]2C)CCC1. The molecule has 0 spiro atoms. The van der Waals surface area contributed by atoms with Gasteiger partial charge in [-0.1, -0.05) is 45.2 Å². The van der Waals surface area contributed by atoms with Gasteiger partial charge < -0.3 is 9.84 Å². The van der Waals surface area contributed by atoms with Crippen molar-refractivity contribution in [3.8, 4) is 0 Å². The topological polar surface area (TPSA) is 46.5 Å². The highest BCUT2D eigenvalue weighted by Crippen LogP contribution is 2.48. The van der Waals surface area contributed by atoms with Crippen LogP contribution < -0.4 is 0 Å². The van der Waals surface area contributed by atoms with Crippen LogP contribution in [-0.4, -0.2) is 24.3 Å². The van der Waals surface area contributed by atoms with Gasteiger partial charge in [0.1, 0.15) is 0 Å². The Labute approximate surface area is 183 Å². The lowest BCUT2D eigenvalue weighted by Gasteiger charge is -2.45. The van der Waals surface area contributed by atoms with Gasteiger partial charge in [-0.15, -0.1) is 0 Å². The van der Waals surface area contributed by atoms with Crippen molar-refractivity contribution < 1.29 is 14.6 Å². The van der Waals surface area contributed by atoms with Gasteiger partial charge in [-0.2, -0.15) is 0 Å². The van der Waals surface area contributed by atoms with Crippen LogP contribution in [0.3, 0.4) is 0 Å². The fraction of sp³-hybridized carbons (Fsp3) is 0.741. The van der Waals surface area contributed by atoms with Crippen LogP contribution in [-0.2, 0) is 11.2 Å². The summed E-state index contributed by atoms with van der Waals surface area (Å²) >= 11 is 0. The maximum Gasteiger partial charge on any atom is 0.337 e. The number of hydrogen-bond donors (Lipinski definition) is 1. The van der Waals surface area contributed by atoms with E-state index in [4.69, 9.17) is 4.74 Å². The van der Waals surface area contributed by atoms with Gasteiger partial charge in [-0.3, -0.25) is 0 Å². The van der Waals surface area contributed by atoms with E-state index in [1.165, 1.54) is 70.5 Å². The molecular formula is C27H42O3. The van der Waals surface area contributed by atoms with E-state index in [1.54, 1.807) is 0 Å². The molecule has 2 saturated carbocycles. The molecule has 0 saturated heterocycles. The Morgan fingerprint density at radius 2 is 2.03 bits per heavy atom. The van der Waals surface area contributed by atoms with Gasteiger partial charge in [0.05, 0.1) is 18.8 Å². The molecule has 0 aromatic heterocycles. The summed E-state index contributed by atoms with van der Waals surface area (Å²) in [5.41, 5.74) is 2.13. The molecule has 2 fully saturated rings. The highest BCUT2D eigenvalue weighted by atomic mass is 16.5. The number of methoxy groups -OCH3 is 1. The minimum atomic E-state index is -0.254. The number of aliphatic hydroxyl groups excluding tert-OH is 1. The number of aliphatic hydroxyl groups is 1. The monoisotopic (exact) mass is 414 g/mol. The average Bonchev–Trinajstić information content (AvgIpc) is 3.07. The molecule has 3 rings (SSSR count). The van der Waals surface area contributed by atoms with Crippen LogP contribution in [0.5, 0.6) is 0 Å². The zero-order valence-electron chi connectivity index (χ0n) is 19.4. The molecule has 4 atom stereocenters. The van der Waals surface area contributed by atoms with Crippen molar-refractivity contribution in [1.29, 1.82) is 0 Å². The molecule has 0 bridgehead atoms. The third-order valence-corrected chi connectivity index (χ3v) is 8.49. The van der Waals surface area contributed by atoms with Gasteiger partial charge in [0.15, 0.2) is 0 Å². The molecule has 0 aliphatic heterocycles. The van der Waals surface area contributed by atoms with Crippen molar-refractivity contribution in [3.63, 3.8) is 0 Å². The molecule has 3 heteroatoms. The lowest BCUT2D eigenvalue weighted by atomic mass is 9.62. The Morgan fingerprint density at radius 1 is 1.23 bits per heavy atom. The second-order valence-electron chi connectivity index (χ2n) is 10.1. The van der Waals surface area contributed by atoms with E-state index >= 15 is 0 Å². The van der Waals surface area contributed by atoms with Crippen LogP contribution in [0.2, 0.25) is 0 Å². The molecule has 168 valence electrons. The van der Waals surface area contributed by atoms with E-state index < -0.39 is 0 Å². The number of esters is 1. The highest BCUT2D eigenvalue weighted by Gasteiger charge is 2.41. The second kappa shape index (κ2) is 10.8. The highest BCUT2D eigenvalue weighted by molar-refractivity contribution is 5.89. The fourth-order valence-electron chi connectivity index (χ4n) is 6.19. The number of aryl methyl sites for hydroxylation is 1. The summed E-state index contributed by atoms with van der Waals surface area (Å²) in [6.45, 7) is 4.68. The average molecular weight is 415 g/mol. The third kappa shape index (κ3) is 5.46. The summed E-state index contributed by atoms with van der Waals surface area (Å²) in [6, 6.07) is 7.88. The quantitative estimate of drug-likeness (QED) is 0.417. The van der Waals surface area contributed by atoms with Gasteiger partial charge >= 0.3 is 5.97 Å². The molecule has 0 amide bonds. The van der Waals surface area contributed by atoms with Crippen LogP contribution in [0, 0.1) is 23.2 Å². The van der Waals surface area contributed by atoms with E-state index in [1.807, 2.05) is 18.2 Å².